The van der Waals surface area contributed by atoms with E-state index in [1.165, 1.54) is 11.8 Å². The van der Waals surface area contributed by atoms with E-state index in [1.54, 1.807) is 7.11 Å². The molecule has 0 heterocycles. The summed E-state index contributed by atoms with van der Waals surface area (Å²) < 4.78 is 5.37. The summed E-state index contributed by atoms with van der Waals surface area (Å²) in [4.78, 5) is 25.9. The molecule has 0 aliphatic carbocycles. The number of amides is 1. The predicted octanol–water partition coefficient (Wildman–Crippen LogP) is 8.41. The van der Waals surface area contributed by atoms with E-state index in [9.17, 15) is 9.59 Å². The summed E-state index contributed by atoms with van der Waals surface area (Å²) in [5, 5.41) is 4.93. The molecule has 2 aromatic rings. The van der Waals surface area contributed by atoms with E-state index < -0.39 is 0 Å². The van der Waals surface area contributed by atoms with E-state index in [4.69, 9.17) is 4.74 Å². The minimum Gasteiger partial charge on any atom is -0.497 e. The number of thioether (sulfide) groups is 1. The molecular formula is C30H39NO3S. The van der Waals surface area contributed by atoms with Crippen LogP contribution >= 0.6 is 11.8 Å². The van der Waals surface area contributed by atoms with Crippen molar-refractivity contribution in [3.8, 4) is 16.9 Å². The summed E-state index contributed by atoms with van der Waals surface area (Å²) in [5.41, 5.74) is 3.28. The van der Waals surface area contributed by atoms with Gasteiger partial charge in [-0.2, -0.15) is 0 Å². The van der Waals surface area contributed by atoms with Crippen molar-refractivity contribution in [2.24, 2.45) is 5.92 Å². The van der Waals surface area contributed by atoms with Crippen molar-refractivity contribution in [3.63, 3.8) is 0 Å². The zero-order valence-corrected chi connectivity index (χ0v) is 22.4. The van der Waals surface area contributed by atoms with Crippen molar-refractivity contribution in [1.29, 1.82) is 0 Å². The Kier molecular flexibility index (Phi) is 12.4. The van der Waals surface area contributed by atoms with Gasteiger partial charge in [0.25, 0.3) is 5.91 Å². The Morgan fingerprint density at radius 3 is 2.46 bits per heavy atom. The van der Waals surface area contributed by atoms with Crippen LogP contribution in [-0.4, -0.2) is 18.8 Å². The maximum atomic E-state index is 13.0. The normalized spacial score (nSPS) is 12.2. The van der Waals surface area contributed by atoms with Gasteiger partial charge in [0.15, 0.2) is 0 Å². The molecule has 1 amide bonds. The number of ether oxygens (including phenoxy) is 1. The van der Waals surface area contributed by atoms with Gasteiger partial charge in [-0.3, -0.25) is 9.59 Å². The van der Waals surface area contributed by atoms with Gasteiger partial charge in [0.1, 0.15) is 11.5 Å². The Morgan fingerprint density at radius 2 is 1.80 bits per heavy atom. The fraction of sp³-hybridized carbons (Fsp3) is 0.400. The molecular weight excluding hydrogens is 454 g/mol. The minimum atomic E-state index is -0.159. The highest BCUT2D eigenvalue weighted by Gasteiger charge is 2.15. The van der Waals surface area contributed by atoms with Crippen LogP contribution in [0.15, 0.2) is 71.0 Å². The predicted molar refractivity (Wildman–Crippen MR) is 150 cm³/mol. The first-order valence-corrected chi connectivity index (χ1v) is 13.4. The molecule has 1 atom stereocenters. The zero-order chi connectivity index (χ0) is 25.6. The van der Waals surface area contributed by atoms with Crippen LogP contribution in [0.3, 0.4) is 0 Å². The largest absolute Gasteiger partial charge is 0.497 e. The molecule has 35 heavy (non-hydrogen) atoms. The summed E-state index contributed by atoms with van der Waals surface area (Å²) in [6, 6.07) is 15.7. The quantitative estimate of drug-likeness (QED) is 0.253. The number of nitrogens with one attached hydrogen (secondary N) is 1. The van der Waals surface area contributed by atoms with Crippen LogP contribution in [0.4, 0.5) is 5.69 Å². The Balaban J connectivity index is 2.05. The maximum Gasteiger partial charge on any atom is 0.251 e. The van der Waals surface area contributed by atoms with Crippen LogP contribution < -0.4 is 10.1 Å². The van der Waals surface area contributed by atoms with Crippen LogP contribution in [0, 0.1) is 5.92 Å². The first-order chi connectivity index (χ1) is 16.9. The van der Waals surface area contributed by atoms with E-state index in [0.29, 0.717) is 41.6 Å². The standard InChI is InChI=1S/C30H39NO3S/c1-6-12-24(16-11-17-26(32)13-7-2)23(4)35-21-22(3)30(33)31-29-20-27(34-5)18-19-28(29)25-14-9-8-10-15-25/h8-10,14-15,18-21,24H,4,6-7,11-13,16-17H2,1-3,5H3,(H,31,33)/b22-21+. The molecule has 1 N–H and O–H groups in total. The lowest BCUT2D eigenvalue weighted by Crippen LogP contribution is -2.13. The first-order valence-electron chi connectivity index (χ1n) is 12.5. The molecule has 0 aliphatic heterocycles. The SMILES string of the molecule is C=C(S/C=C(\C)C(=O)Nc1cc(OC)ccc1-c1ccccc1)C(CCC)CCCC(=O)CCC. The van der Waals surface area contributed by atoms with Crippen LogP contribution in [0.2, 0.25) is 0 Å². The van der Waals surface area contributed by atoms with E-state index in [2.05, 4.69) is 18.8 Å². The second-order valence-corrected chi connectivity index (χ2v) is 9.78. The van der Waals surface area contributed by atoms with Crippen molar-refractivity contribution < 1.29 is 14.3 Å². The zero-order valence-electron chi connectivity index (χ0n) is 21.6. The summed E-state index contributed by atoms with van der Waals surface area (Å²) >= 11 is 1.52. The molecule has 0 radical (unpaired) electrons. The van der Waals surface area contributed by atoms with Gasteiger partial charge in [0.05, 0.1) is 12.8 Å². The van der Waals surface area contributed by atoms with Crippen molar-refractivity contribution in [1.82, 2.24) is 0 Å². The molecule has 0 saturated carbocycles. The number of Topliss-reactive ketones (excluding diaryl/α,β-unsaturated/α-hetero) is 1. The number of rotatable bonds is 15. The van der Waals surface area contributed by atoms with Gasteiger partial charge < -0.3 is 10.1 Å². The average molecular weight is 494 g/mol. The van der Waals surface area contributed by atoms with E-state index in [1.807, 2.05) is 67.8 Å². The Hall–Kier alpha value is -2.79. The molecule has 188 valence electrons. The third kappa shape index (κ3) is 9.41. The van der Waals surface area contributed by atoms with Crippen LogP contribution in [0.25, 0.3) is 11.1 Å². The summed E-state index contributed by atoms with van der Waals surface area (Å²) in [6.45, 7) is 10.3. The highest BCUT2D eigenvalue weighted by molar-refractivity contribution is 8.05. The minimum absolute atomic E-state index is 0.159. The van der Waals surface area contributed by atoms with Gasteiger partial charge in [-0.05, 0) is 66.5 Å². The highest BCUT2D eigenvalue weighted by Crippen LogP contribution is 2.34. The molecule has 0 aromatic heterocycles. The third-order valence-electron chi connectivity index (χ3n) is 5.93. The highest BCUT2D eigenvalue weighted by atomic mass is 32.2. The molecule has 0 spiro atoms. The van der Waals surface area contributed by atoms with Gasteiger partial charge in [-0.1, -0.05) is 57.2 Å². The van der Waals surface area contributed by atoms with Gasteiger partial charge in [0.2, 0.25) is 0 Å². The monoisotopic (exact) mass is 493 g/mol. The number of hydrogen-bond donors (Lipinski definition) is 1. The van der Waals surface area contributed by atoms with Gasteiger partial charge in [-0.15, -0.1) is 11.8 Å². The maximum absolute atomic E-state index is 13.0. The van der Waals surface area contributed by atoms with E-state index in [-0.39, 0.29) is 5.91 Å². The average Bonchev–Trinajstić information content (AvgIpc) is 2.87. The van der Waals surface area contributed by atoms with Gasteiger partial charge in [-0.25, -0.2) is 0 Å². The van der Waals surface area contributed by atoms with E-state index >= 15 is 0 Å². The number of hydrogen-bond acceptors (Lipinski definition) is 4. The molecule has 0 bridgehead atoms. The molecule has 0 aliphatic rings. The molecule has 2 aromatic carbocycles. The second kappa shape index (κ2) is 15.3. The molecule has 0 fully saturated rings. The molecule has 0 saturated heterocycles. The molecule has 5 heteroatoms. The van der Waals surface area contributed by atoms with Crippen molar-refractivity contribution in [2.75, 3.05) is 12.4 Å². The Morgan fingerprint density at radius 1 is 1.06 bits per heavy atom. The summed E-state index contributed by atoms with van der Waals surface area (Å²) in [7, 11) is 1.61. The lowest BCUT2D eigenvalue weighted by molar-refractivity contribution is -0.119. The molecule has 2 rings (SSSR count). The van der Waals surface area contributed by atoms with Crippen LogP contribution in [0.5, 0.6) is 5.75 Å². The Bertz CT molecular complexity index is 1010. The molecule has 1 unspecified atom stereocenters. The molecule has 4 nitrogen and oxygen atoms in total. The number of allylic oxidation sites excluding steroid dienone is 1. The lowest BCUT2D eigenvalue weighted by atomic mass is 9.95. The smallest absolute Gasteiger partial charge is 0.251 e. The number of carbonyl (C=O) groups is 2. The van der Waals surface area contributed by atoms with Gasteiger partial charge >= 0.3 is 0 Å². The van der Waals surface area contributed by atoms with Crippen molar-refractivity contribution >= 4 is 29.1 Å². The van der Waals surface area contributed by atoms with Crippen LogP contribution in [-0.2, 0) is 9.59 Å². The number of methoxy groups -OCH3 is 1. The number of ketones is 1. The van der Waals surface area contributed by atoms with Gasteiger partial charge in [0, 0.05) is 30.0 Å². The Labute approximate surface area is 215 Å². The van der Waals surface area contributed by atoms with Crippen LogP contribution in [0.1, 0.15) is 65.7 Å². The fourth-order valence-electron chi connectivity index (χ4n) is 3.92. The van der Waals surface area contributed by atoms with E-state index in [0.717, 1.165) is 48.1 Å². The second-order valence-electron chi connectivity index (χ2n) is 8.78. The lowest BCUT2D eigenvalue weighted by Gasteiger charge is -2.18. The summed E-state index contributed by atoms with van der Waals surface area (Å²) in [6.07, 6.45) is 6.18. The number of anilines is 1. The van der Waals surface area contributed by atoms with Crippen molar-refractivity contribution in [2.45, 2.75) is 65.7 Å². The number of carbonyl (C=O) groups excluding carboxylic acids is 2. The third-order valence-corrected chi connectivity index (χ3v) is 7.04. The topological polar surface area (TPSA) is 55.4 Å². The number of benzene rings is 2. The first kappa shape index (κ1) is 28.4. The van der Waals surface area contributed by atoms with Crippen molar-refractivity contribution in [3.05, 3.63) is 71.0 Å². The summed E-state index contributed by atoms with van der Waals surface area (Å²) in [5.74, 6) is 1.22. The fourth-order valence-corrected chi connectivity index (χ4v) is 4.79.